The van der Waals surface area contributed by atoms with Crippen molar-refractivity contribution in [1.29, 1.82) is 0 Å². The van der Waals surface area contributed by atoms with Crippen molar-refractivity contribution in [2.45, 2.75) is 63.1 Å². The highest BCUT2D eigenvalue weighted by atomic mass is 16.3. The maximum absolute atomic E-state index is 12.8. The summed E-state index contributed by atoms with van der Waals surface area (Å²) in [6.07, 6.45) is 12.5. The second kappa shape index (κ2) is 7.01. The summed E-state index contributed by atoms with van der Waals surface area (Å²) in [6, 6.07) is 2.59. The van der Waals surface area contributed by atoms with E-state index in [0.717, 1.165) is 19.5 Å². The van der Waals surface area contributed by atoms with Crippen molar-refractivity contribution >= 4 is 5.91 Å². The normalized spacial score (nSPS) is 40.2. The Morgan fingerprint density at radius 2 is 1.92 bits per heavy atom. The molecule has 1 aromatic heterocycles. The lowest BCUT2D eigenvalue weighted by molar-refractivity contribution is -0.129. The van der Waals surface area contributed by atoms with Gasteiger partial charge in [-0.25, -0.2) is 0 Å². The summed E-state index contributed by atoms with van der Waals surface area (Å²) in [7, 11) is 0. The molecule has 4 fully saturated rings. The van der Waals surface area contributed by atoms with E-state index in [9.17, 15) is 4.79 Å². The van der Waals surface area contributed by atoms with E-state index in [0.29, 0.717) is 41.8 Å². The van der Waals surface area contributed by atoms with Gasteiger partial charge in [-0.3, -0.25) is 4.79 Å². The summed E-state index contributed by atoms with van der Waals surface area (Å²) in [5.74, 6) is 2.85. The van der Waals surface area contributed by atoms with Crippen molar-refractivity contribution in [2.75, 3.05) is 13.1 Å². The predicted molar refractivity (Wildman–Crippen MR) is 99.5 cm³/mol. The standard InChI is InChI=1S/C21H31N3O2/c25-21(24-15-5-6-15)17-4-2-1-3-16(17)14-9-18-19(13-7-8-26-12-13)11-23-20(18)22-10-14/h7-8,12,14-20,22-23H,1-6,9-11H2,(H,24,25). The van der Waals surface area contributed by atoms with Crippen LogP contribution in [0.25, 0.3) is 0 Å². The molecule has 1 amide bonds. The van der Waals surface area contributed by atoms with Crippen LogP contribution < -0.4 is 16.0 Å². The van der Waals surface area contributed by atoms with Crippen molar-refractivity contribution in [3.05, 3.63) is 24.2 Å². The number of piperidine rings is 1. The Bertz CT molecular complexity index is 627. The molecule has 0 aromatic carbocycles. The van der Waals surface area contributed by atoms with E-state index in [1.54, 1.807) is 6.26 Å². The van der Waals surface area contributed by atoms with Gasteiger partial charge in [-0.1, -0.05) is 12.8 Å². The van der Waals surface area contributed by atoms with E-state index in [4.69, 9.17) is 4.42 Å². The highest BCUT2D eigenvalue weighted by molar-refractivity contribution is 5.79. The molecule has 0 bridgehead atoms. The second-order valence-electron chi connectivity index (χ2n) is 8.95. The van der Waals surface area contributed by atoms with Gasteiger partial charge in [0.1, 0.15) is 0 Å². The van der Waals surface area contributed by atoms with Gasteiger partial charge in [0.2, 0.25) is 5.91 Å². The minimum absolute atomic E-state index is 0.231. The minimum atomic E-state index is 0.231. The van der Waals surface area contributed by atoms with Gasteiger partial charge in [-0.15, -0.1) is 0 Å². The zero-order valence-electron chi connectivity index (χ0n) is 15.5. The van der Waals surface area contributed by atoms with Gasteiger partial charge in [0.15, 0.2) is 0 Å². The SMILES string of the molecule is O=C(NC1CC1)C1CCCCC1C1CNC2NCC(c3ccoc3)C2C1. The first-order chi connectivity index (χ1) is 12.8. The number of furan rings is 1. The molecule has 0 spiro atoms. The monoisotopic (exact) mass is 357 g/mol. The van der Waals surface area contributed by atoms with Crippen LogP contribution in [0.4, 0.5) is 0 Å². The van der Waals surface area contributed by atoms with E-state index in [1.807, 2.05) is 6.26 Å². The highest BCUT2D eigenvalue weighted by Crippen LogP contribution is 2.44. The quantitative estimate of drug-likeness (QED) is 0.775. The largest absolute Gasteiger partial charge is 0.472 e. The van der Waals surface area contributed by atoms with Crippen molar-refractivity contribution in [3.8, 4) is 0 Å². The van der Waals surface area contributed by atoms with E-state index < -0.39 is 0 Å². The summed E-state index contributed by atoms with van der Waals surface area (Å²) in [5.41, 5.74) is 1.32. The van der Waals surface area contributed by atoms with Crippen LogP contribution in [0.5, 0.6) is 0 Å². The first-order valence-electron chi connectivity index (χ1n) is 10.6. The van der Waals surface area contributed by atoms with E-state index in [2.05, 4.69) is 22.0 Å². The molecule has 6 unspecified atom stereocenters. The maximum Gasteiger partial charge on any atom is 0.223 e. The van der Waals surface area contributed by atoms with Gasteiger partial charge in [-0.05, 0) is 68.0 Å². The van der Waals surface area contributed by atoms with Crippen LogP contribution in [0.2, 0.25) is 0 Å². The molecule has 5 rings (SSSR count). The third kappa shape index (κ3) is 3.20. The number of rotatable bonds is 4. The van der Waals surface area contributed by atoms with Crippen LogP contribution in [-0.2, 0) is 4.79 Å². The fourth-order valence-electron chi connectivity index (χ4n) is 5.79. The van der Waals surface area contributed by atoms with Crippen molar-refractivity contribution in [2.24, 2.45) is 23.7 Å². The molecular weight excluding hydrogens is 326 g/mol. The summed E-state index contributed by atoms with van der Waals surface area (Å²) in [4.78, 5) is 12.8. The molecule has 3 N–H and O–H groups in total. The summed E-state index contributed by atoms with van der Waals surface area (Å²) in [6.45, 7) is 2.06. The number of amides is 1. The summed E-state index contributed by atoms with van der Waals surface area (Å²) < 4.78 is 5.34. The van der Waals surface area contributed by atoms with Crippen molar-refractivity contribution in [1.82, 2.24) is 16.0 Å². The third-order valence-corrected chi connectivity index (χ3v) is 7.33. The second-order valence-corrected chi connectivity index (χ2v) is 8.95. The zero-order chi connectivity index (χ0) is 17.5. The van der Waals surface area contributed by atoms with Crippen LogP contribution in [0.3, 0.4) is 0 Å². The molecule has 2 saturated heterocycles. The third-order valence-electron chi connectivity index (χ3n) is 7.33. The fraction of sp³-hybridized carbons (Fsp3) is 0.762. The van der Waals surface area contributed by atoms with Gasteiger partial charge in [0.05, 0.1) is 18.7 Å². The minimum Gasteiger partial charge on any atom is -0.472 e. The average molecular weight is 357 g/mol. The topological polar surface area (TPSA) is 66.3 Å². The lowest BCUT2D eigenvalue weighted by Crippen LogP contribution is -2.52. The smallest absolute Gasteiger partial charge is 0.223 e. The molecule has 5 nitrogen and oxygen atoms in total. The van der Waals surface area contributed by atoms with Crippen molar-refractivity contribution < 1.29 is 9.21 Å². The number of fused-ring (bicyclic) bond motifs is 1. The molecule has 0 radical (unpaired) electrons. The van der Waals surface area contributed by atoms with Crippen LogP contribution in [-0.4, -0.2) is 31.2 Å². The van der Waals surface area contributed by atoms with Gasteiger partial charge in [-0.2, -0.15) is 0 Å². The van der Waals surface area contributed by atoms with Gasteiger partial charge < -0.3 is 20.4 Å². The van der Waals surface area contributed by atoms with E-state index >= 15 is 0 Å². The summed E-state index contributed by atoms with van der Waals surface area (Å²) >= 11 is 0. The predicted octanol–water partition coefficient (Wildman–Crippen LogP) is 2.60. The number of carbonyl (C=O) groups excluding carboxylic acids is 1. The number of carbonyl (C=O) groups is 1. The number of hydrogen-bond donors (Lipinski definition) is 3. The fourth-order valence-corrected chi connectivity index (χ4v) is 5.79. The van der Waals surface area contributed by atoms with Crippen LogP contribution in [0.1, 0.15) is 56.4 Å². The molecule has 26 heavy (non-hydrogen) atoms. The van der Waals surface area contributed by atoms with Crippen LogP contribution >= 0.6 is 0 Å². The molecule has 4 aliphatic rings. The Hall–Kier alpha value is -1.33. The van der Waals surface area contributed by atoms with E-state index in [1.165, 1.54) is 44.1 Å². The Balaban J connectivity index is 1.30. The highest BCUT2D eigenvalue weighted by Gasteiger charge is 2.45. The molecule has 2 saturated carbocycles. The molecule has 142 valence electrons. The Kier molecular flexibility index (Phi) is 4.53. The van der Waals surface area contributed by atoms with Gasteiger partial charge in [0, 0.05) is 24.4 Å². The molecule has 2 aliphatic carbocycles. The first-order valence-corrected chi connectivity index (χ1v) is 10.6. The lowest BCUT2D eigenvalue weighted by Gasteiger charge is -2.42. The number of nitrogens with one attached hydrogen (secondary N) is 3. The van der Waals surface area contributed by atoms with Crippen LogP contribution in [0, 0.1) is 23.7 Å². The first kappa shape index (κ1) is 16.8. The molecule has 6 atom stereocenters. The Morgan fingerprint density at radius 3 is 2.73 bits per heavy atom. The molecule has 2 aliphatic heterocycles. The van der Waals surface area contributed by atoms with Gasteiger partial charge in [0.25, 0.3) is 0 Å². The number of hydrogen-bond acceptors (Lipinski definition) is 4. The zero-order valence-corrected chi connectivity index (χ0v) is 15.5. The average Bonchev–Trinajstić information content (AvgIpc) is 3.16. The van der Waals surface area contributed by atoms with Crippen molar-refractivity contribution in [3.63, 3.8) is 0 Å². The summed E-state index contributed by atoms with van der Waals surface area (Å²) in [5, 5.41) is 10.7. The Morgan fingerprint density at radius 1 is 1.08 bits per heavy atom. The maximum atomic E-state index is 12.8. The molecule has 3 heterocycles. The van der Waals surface area contributed by atoms with Gasteiger partial charge >= 0.3 is 0 Å². The lowest BCUT2D eigenvalue weighted by atomic mass is 9.67. The Labute approximate surface area is 155 Å². The van der Waals surface area contributed by atoms with E-state index in [-0.39, 0.29) is 5.92 Å². The molecule has 1 aromatic rings. The van der Waals surface area contributed by atoms with Crippen LogP contribution in [0.15, 0.2) is 23.0 Å². The molecular formula is C21H31N3O2. The molecule has 5 heteroatoms.